The van der Waals surface area contributed by atoms with Gasteiger partial charge in [0.05, 0.1) is 12.7 Å². The number of Topliss-reactive ketones (excluding diaryl/α,β-unsaturated/α-hetero) is 2. The Bertz CT molecular complexity index is 769. The lowest BCUT2D eigenvalue weighted by Crippen LogP contribution is -2.00. The van der Waals surface area contributed by atoms with Crippen LogP contribution < -0.4 is 4.74 Å². The second-order valence-corrected chi connectivity index (χ2v) is 5.72. The Labute approximate surface area is 133 Å². The van der Waals surface area contributed by atoms with Crippen LogP contribution in [0, 0.1) is 0 Å². The Hall–Kier alpha value is -2.33. The smallest absolute Gasteiger partial charge is 0.197 e. The molecule has 0 atom stereocenters. The molecule has 0 aliphatic heterocycles. The molecular formula is C18H14O3S. The van der Waals surface area contributed by atoms with Gasteiger partial charge in [-0.1, -0.05) is 30.3 Å². The lowest BCUT2D eigenvalue weighted by Gasteiger charge is -2.07. The Morgan fingerprint density at radius 1 is 1.00 bits per heavy atom. The van der Waals surface area contributed by atoms with E-state index in [-0.39, 0.29) is 17.1 Å². The molecular weight excluding hydrogens is 296 g/mol. The molecule has 0 unspecified atom stereocenters. The minimum Gasteiger partial charge on any atom is -0.496 e. The van der Waals surface area contributed by atoms with E-state index in [2.05, 4.69) is 0 Å². The Morgan fingerprint density at radius 2 is 1.64 bits per heavy atom. The van der Waals surface area contributed by atoms with Gasteiger partial charge in [0.2, 0.25) is 0 Å². The largest absolute Gasteiger partial charge is 0.496 e. The summed E-state index contributed by atoms with van der Waals surface area (Å²) in [6, 6.07) is 12.5. The van der Waals surface area contributed by atoms with Gasteiger partial charge in [-0.25, -0.2) is 0 Å². The number of benzene rings is 2. The fourth-order valence-electron chi connectivity index (χ4n) is 2.51. The predicted molar refractivity (Wildman–Crippen MR) is 87.9 cm³/mol. The van der Waals surface area contributed by atoms with E-state index in [0.29, 0.717) is 11.1 Å². The van der Waals surface area contributed by atoms with E-state index < -0.39 is 0 Å². The highest BCUT2D eigenvalue weighted by molar-refractivity contribution is 7.98. The fourth-order valence-corrected chi connectivity index (χ4v) is 3.06. The first-order chi connectivity index (χ1) is 10.7. The second-order valence-electron chi connectivity index (χ2n) is 4.88. The molecule has 0 saturated carbocycles. The standard InChI is InChI=1S/C18H14O3S/c1-21-15-10-11(7-8-16(15)22-2)9-14-17(19)12-5-3-4-6-13(12)18(14)20/h3-10H,1-2H3. The first kappa shape index (κ1) is 14.6. The van der Waals surface area contributed by atoms with Crippen LogP contribution in [0.15, 0.2) is 52.9 Å². The number of allylic oxidation sites excluding steroid dienone is 1. The van der Waals surface area contributed by atoms with Crippen molar-refractivity contribution in [2.75, 3.05) is 13.4 Å². The molecule has 0 aromatic heterocycles. The van der Waals surface area contributed by atoms with E-state index >= 15 is 0 Å². The van der Waals surface area contributed by atoms with Crippen molar-refractivity contribution in [3.8, 4) is 5.75 Å². The van der Waals surface area contributed by atoms with Gasteiger partial charge >= 0.3 is 0 Å². The SMILES string of the molecule is COc1cc(C=C2C(=O)c3ccccc3C2=O)ccc1SC. The number of thioether (sulfide) groups is 1. The molecule has 22 heavy (non-hydrogen) atoms. The summed E-state index contributed by atoms with van der Waals surface area (Å²) in [5, 5.41) is 0. The maximum Gasteiger partial charge on any atom is 0.197 e. The summed E-state index contributed by atoms with van der Waals surface area (Å²) >= 11 is 1.58. The molecule has 3 nitrogen and oxygen atoms in total. The molecule has 0 saturated heterocycles. The zero-order chi connectivity index (χ0) is 15.7. The van der Waals surface area contributed by atoms with Crippen molar-refractivity contribution < 1.29 is 14.3 Å². The van der Waals surface area contributed by atoms with E-state index in [9.17, 15) is 9.59 Å². The van der Waals surface area contributed by atoms with Crippen LogP contribution in [0.4, 0.5) is 0 Å². The minimum atomic E-state index is -0.214. The molecule has 0 radical (unpaired) electrons. The van der Waals surface area contributed by atoms with Crippen LogP contribution in [0.1, 0.15) is 26.3 Å². The van der Waals surface area contributed by atoms with Crippen molar-refractivity contribution in [2.45, 2.75) is 4.90 Å². The zero-order valence-corrected chi connectivity index (χ0v) is 13.1. The highest BCUT2D eigenvalue weighted by Crippen LogP contribution is 2.31. The molecule has 0 fully saturated rings. The highest BCUT2D eigenvalue weighted by atomic mass is 32.2. The molecule has 2 aromatic rings. The third kappa shape index (κ3) is 2.35. The van der Waals surface area contributed by atoms with Crippen molar-refractivity contribution in [3.63, 3.8) is 0 Å². The summed E-state index contributed by atoms with van der Waals surface area (Å²) in [7, 11) is 1.60. The van der Waals surface area contributed by atoms with Crippen molar-refractivity contribution in [2.24, 2.45) is 0 Å². The maximum absolute atomic E-state index is 12.4. The van der Waals surface area contributed by atoms with Gasteiger partial charge < -0.3 is 4.74 Å². The predicted octanol–water partition coefficient (Wildman–Crippen LogP) is 3.88. The van der Waals surface area contributed by atoms with Crippen molar-refractivity contribution in [1.29, 1.82) is 0 Å². The van der Waals surface area contributed by atoms with Gasteiger partial charge in [0, 0.05) is 16.0 Å². The molecule has 0 bridgehead atoms. The first-order valence-corrected chi connectivity index (χ1v) is 8.00. The Kier molecular flexibility index (Phi) is 3.86. The van der Waals surface area contributed by atoms with E-state index in [0.717, 1.165) is 16.2 Å². The number of hydrogen-bond acceptors (Lipinski definition) is 4. The van der Waals surface area contributed by atoms with Crippen LogP contribution in [0.2, 0.25) is 0 Å². The second kappa shape index (κ2) is 5.81. The molecule has 3 rings (SSSR count). The summed E-state index contributed by atoms with van der Waals surface area (Å²) in [6.45, 7) is 0. The van der Waals surface area contributed by atoms with E-state index in [4.69, 9.17) is 4.74 Å². The van der Waals surface area contributed by atoms with Crippen molar-refractivity contribution in [3.05, 3.63) is 64.7 Å². The van der Waals surface area contributed by atoms with Gasteiger partial charge in [0.15, 0.2) is 11.6 Å². The van der Waals surface area contributed by atoms with Crippen molar-refractivity contribution in [1.82, 2.24) is 0 Å². The van der Waals surface area contributed by atoms with Crippen LogP contribution in [-0.2, 0) is 0 Å². The summed E-state index contributed by atoms with van der Waals surface area (Å²) in [6.07, 6.45) is 3.61. The number of ether oxygens (including phenoxy) is 1. The fraction of sp³-hybridized carbons (Fsp3) is 0.111. The van der Waals surface area contributed by atoms with Gasteiger partial charge in [0.25, 0.3) is 0 Å². The van der Waals surface area contributed by atoms with Gasteiger partial charge in [-0.15, -0.1) is 11.8 Å². The number of rotatable bonds is 3. The molecule has 0 N–H and O–H groups in total. The van der Waals surface area contributed by atoms with Gasteiger partial charge in [-0.3, -0.25) is 9.59 Å². The van der Waals surface area contributed by atoms with Gasteiger partial charge in [-0.2, -0.15) is 0 Å². The molecule has 0 amide bonds. The molecule has 4 heteroatoms. The van der Waals surface area contributed by atoms with Crippen LogP contribution in [0.5, 0.6) is 5.75 Å². The van der Waals surface area contributed by atoms with Crippen molar-refractivity contribution >= 4 is 29.4 Å². The van der Waals surface area contributed by atoms with E-state index in [1.807, 2.05) is 24.5 Å². The first-order valence-electron chi connectivity index (χ1n) is 6.78. The maximum atomic E-state index is 12.4. The number of carbonyl (C=O) groups excluding carboxylic acids is 2. The summed E-state index contributed by atoms with van der Waals surface area (Å²) in [5.41, 5.74) is 1.94. The average Bonchev–Trinajstić information content (AvgIpc) is 2.80. The van der Waals surface area contributed by atoms with Gasteiger partial charge in [-0.05, 0) is 30.0 Å². The topological polar surface area (TPSA) is 43.4 Å². The molecule has 0 spiro atoms. The minimum absolute atomic E-state index is 0.208. The molecule has 2 aromatic carbocycles. The lowest BCUT2D eigenvalue weighted by atomic mass is 10.1. The number of fused-ring (bicyclic) bond motifs is 1. The van der Waals surface area contributed by atoms with Crippen LogP contribution in [-0.4, -0.2) is 24.9 Å². The van der Waals surface area contributed by atoms with E-state index in [1.54, 1.807) is 49.2 Å². The molecule has 1 aliphatic rings. The normalized spacial score (nSPS) is 13.3. The quantitative estimate of drug-likeness (QED) is 0.490. The molecule has 1 aliphatic carbocycles. The summed E-state index contributed by atoms with van der Waals surface area (Å²) in [4.78, 5) is 25.7. The highest BCUT2D eigenvalue weighted by Gasteiger charge is 2.32. The third-order valence-electron chi connectivity index (χ3n) is 3.62. The van der Waals surface area contributed by atoms with E-state index in [1.165, 1.54) is 0 Å². The molecule has 110 valence electrons. The van der Waals surface area contributed by atoms with Gasteiger partial charge in [0.1, 0.15) is 5.75 Å². The monoisotopic (exact) mass is 310 g/mol. The zero-order valence-electron chi connectivity index (χ0n) is 12.3. The Balaban J connectivity index is 2.04. The Morgan fingerprint density at radius 3 is 2.18 bits per heavy atom. The number of ketones is 2. The summed E-state index contributed by atoms with van der Waals surface area (Å²) < 4.78 is 5.34. The number of carbonyl (C=O) groups is 2. The third-order valence-corrected chi connectivity index (χ3v) is 4.40. The number of methoxy groups -OCH3 is 1. The van der Waals surface area contributed by atoms with Crippen LogP contribution in [0.25, 0.3) is 6.08 Å². The summed E-state index contributed by atoms with van der Waals surface area (Å²) in [5.74, 6) is 0.305. The lowest BCUT2D eigenvalue weighted by molar-refractivity contribution is 0.0990. The van der Waals surface area contributed by atoms with Crippen LogP contribution in [0.3, 0.4) is 0 Å². The average molecular weight is 310 g/mol. The van der Waals surface area contributed by atoms with Crippen LogP contribution >= 0.6 is 11.8 Å². The molecule has 0 heterocycles. The number of hydrogen-bond donors (Lipinski definition) is 0.